The van der Waals surface area contributed by atoms with E-state index in [9.17, 15) is 14.4 Å². The molecule has 178 valence electrons. The van der Waals surface area contributed by atoms with Crippen LogP contribution in [0.5, 0.6) is 0 Å². The predicted molar refractivity (Wildman–Crippen MR) is 129 cm³/mol. The van der Waals surface area contributed by atoms with Crippen molar-refractivity contribution in [1.29, 1.82) is 0 Å². The van der Waals surface area contributed by atoms with E-state index in [2.05, 4.69) is 10.2 Å². The van der Waals surface area contributed by atoms with E-state index in [-0.39, 0.29) is 30.9 Å². The summed E-state index contributed by atoms with van der Waals surface area (Å²) in [6.07, 6.45) is 3.13. The van der Waals surface area contributed by atoms with Crippen LogP contribution >= 0.6 is 11.6 Å². The van der Waals surface area contributed by atoms with Gasteiger partial charge in [-0.25, -0.2) is 4.79 Å². The zero-order valence-corrected chi connectivity index (χ0v) is 19.5. The molecule has 9 nitrogen and oxygen atoms in total. The lowest BCUT2D eigenvalue weighted by molar-refractivity contribution is -0.133. The van der Waals surface area contributed by atoms with Gasteiger partial charge in [0.15, 0.2) is 0 Å². The van der Waals surface area contributed by atoms with E-state index in [4.69, 9.17) is 16.0 Å². The third kappa shape index (κ3) is 5.25. The van der Waals surface area contributed by atoms with Crippen LogP contribution in [0, 0.1) is 0 Å². The molecule has 2 aromatic carbocycles. The summed E-state index contributed by atoms with van der Waals surface area (Å²) in [6.45, 7) is 0.0434. The van der Waals surface area contributed by atoms with Crippen molar-refractivity contribution in [3.8, 4) is 11.5 Å². The highest BCUT2D eigenvalue weighted by Gasteiger charge is 2.34. The van der Waals surface area contributed by atoms with Gasteiger partial charge in [-0.05, 0) is 42.7 Å². The molecule has 1 aliphatic carbocycles. The summed E-state index contributed by atoms with van der Waals surface area (Å²) in [5, 5.41) is 8.73. The van der Waals surface area contributed by atoms with E-state index in [1.165, 1.54) is 16.8 Å². The van der Waals surface area contributed by atoms with Gasteiger partial charge in [-0.3, -0.25) is 18.7 Å². The Morgan fingerprint density at radius 3 is 2.49 bits per heavy atom. The molecule has 0 atom stereocenters. The molecule has 5 rings (SSSR count). The lowest BCUT2D eigenvalue weighted by Crippen LogP contribution is -2.44. The van der Waals surface area contributed by atoms with Crippen LogP contribution in [0.3, 0.4) is 0 Å². The van der Waals surface area contributed by atoms with Crippen LogP contribution < -0.4 is 11.2 Å². The highest BCUT2D eigenvalue weighted by Crippen LogP contribution is 2.29. The molecule has 0 aliphatic heterocycles. The van der Waals surface area contributed by atoms with E-state index >= 15 is 0 Å². The van der Waals surface area contributed by atoms with Crippen molar-refractivity contribution in [2.24, 2.45) is 0 Å². The number of aromatic nitrogens is 4. The number of amides is 1. The van der Waals surface area contributed by atoms with E-state index in [0.29, 0.717) is 23.0 Å². The molecule has 0 saturated heterocycles. The zero-order chi connectivity index (χ0) is 24.4. The number of benzene rings is 2. The molecular weight excluding hydrogens is 470 g/mol. The lowest BCUT2D eigenvalue weighted by Gasteiger charge is -2.21. The fourth-order valence-electron chi connectivity index (χ4n) is 3.81. The molecular formula is C25H22ClN5O4. The summed E-state index contributed by atoms with van der Waals surface area (Å²) in [5.41, 5.74) is 0.574. The van der Waals surface area contributed by atoms with Gasteiger partial charge >= 0.3 is 5.69 Å². The number of rotatable bonds is 8. The normalized spacial score (nSPS) is 13.1. The average Bonchev–Trinajstić information content (AvgIpc) is 3.60. The second-order valence-corrected chi connectivity index (χ2v) is 8.83. The van der Waals surface area contributed by atoms with E-state index < -0.39 is 11.2 Å². The second-order valence-electron chi connectivity index (χ2n) is 8.40. The van der Waals surface area contributed by atoms with Crippen molar-refractivity contribution in [1.82, 2.24) is 24.2 Å². The van der Waals surface area contributed by atoms with Crippen LogP contribution in [0.15, 0.2) is 80.9 Å². The topological polar surface area (TPSA) is 103 Å². The maximum absolute atomic E-state index is 13.2. The van der Waals surface area contributed by atoms with Gasteiger partial charge < -0.3 is 9.32 Å². The SMILES string of the molecule is O=C(Cn1c(=O)ccn(Cc2ccccc2)c1=O)N(Cc1nnc(-c2ccc(Cl)cc2)o1)C1CC1. The van der Waals surface area contributed by atoms with Crippen molar-refractivity contribution in [3.63, 3.8) is 0 Å². The number of hydrogen-bond donors (Lipinski definition) is 0. The van der Waals surface area contributed by atoms with Crippen molar-refractivity contribution in [2.45, 2.75) is 38.5 Å². The van der Waals surface area contributed by atoms with Gasteiger partial charge in [-0.1, -0.05) is 41.9 Å². The van der Waals surface area contributed by atoms with Crippen molar-refractivity contribution in [2.75, 3.05) is 0 Å². The molecule has 1 fully saturated rings. The van der Waals surface area contributed by atoms with Gasteiger partial charge in [0.25, 0.3) is 5.56 Å². The van der Waals surface area contributed by atoms with Crippen LogP contribution in [0.1, 0.15) is 24.3 Å². The molecule has 1 saturated carbocycles. The fourth-order valence-corrected chi connectivity index (χ4v) is 3.93. The van der Waals surface area contributed by atoms with Crippen molar-refractivity contribution in [3.05, 3.63) is 104 Å². The Morgan fingerprint density at radius 1 is 1.03 bits per heavy atom. The molecule has 35 heavy (non-hydrogen) atoms. The fraction of sp³-hybridized carbons (Fsp3) is 0.240. The number of nitrogens with zero attached hydrogens (tertiary/aromatic N) is 5. The van der Waals surface area contributed by atoms with Gasteiger partial charge in [0.05, 0.1) is 13.1 Å². The average molecular weight is 492 g/mol. The van der Waals surface area contributed by atoms with Crippen molar-refractivity contribution >= 4 is 17.5 Å². The summed E-state index contributed by atoms with van der Waals surface area (Å²) in [4.78, 5) is 40.2. The Morgan fingerprint density at radius 2 is 1.77 bits per heavy atom. The smallest absolute Gasteiger partial charge is 0.331 e. The number of carbonyl (C=O) groups is 1. The van der Waals surface area contributed by atoms with E-state index in [1.807, 2.05) is 30.3 Å². The highest BCUT2D eigenvalue weighted by atomic mass is 35.5. The van der Waals surface area contributed by atoms with Crippen molar-refractivity contribution < 1.29 is 9.21 Å². The van der Waals surface area contributed by atoms with E-state index in [0.717, 1.165) is 23.0 Å². The van der Waals surface area contributed by atoms with Gasteiger partial charge in [0, 0.05) is 28.9 Å². The predicted octanol–water partition coefficient (Wildman–Crippen LogP) is 2.95. The van der Waals surface area contributed by atoms with Crippen LogP contribution in [-0.2, 0) is 24.4 Å². The molecule has 0 N–H and O–H groups in total. The quantitative estimate of drug-likeness (QED) is 0.375. The van der Waals surface area contributed by atoms with Gasteiger partial charge in [-0.2, -0.15) is 0 Å². The Balaban J connectivity index is 1.34. The first-order chi connectivity index (χ1) is 17.0. The van der Waals surface area contributed by atoms with Crippen LogP contribution in [0.2, 0.25) is 5.02 Å². The maximum atomic E-state index is 13.2. The first-order valence-corrected chi connectivity index (χ1v) is 11.6. The minimum atomic E-state index is -0.534. The second kappa shape index (κ2) is 9.71. The van der Waals surface area contributed by atoms with Crippen LogP contribution in [0.4, 0.5) is 0 Å². The third-order valence-corrected chi connectivity index (χ3v) is 6.05. The minimum absolute atomic E-state index is 0.0133. The third-order valence-electron chi connectivity index (χ3n) is 5.80. The van der Waals surface area contributed by atoms with Gasteiger partial charge in [-0.15, -0.1) is 10.2 Å². The molecule has 4 aromatic rings. The van der Waals surface area contributed by atoms with E-state index in [1.54, 1.807) is 29.2 Å². The largest absolute Gasteiger partial charge is 0.419 e. The summed E-state index contributed by atoms with van der Waals surface area (Å²) in [7, 11) is 0. The van der Waals surface area contributed by atoms with Gasteiger partial charge in [0.2, 0.25) is 17.7 Å². The number of carbonyl (C=O) groups excluding carboxylic acids is 1. The summed E-state index contributed by atoms with van der Waals surface area (Å²) < 4.78 is 8.14. The molecule has 1 aliphatic rings. The Bertz CT molecular complexity index is 1460. The monoisotopic (exact) mass is 491 g/mol. The summed E-state index contributed by atoms with van der Waals surface area (Å²) in [6, 6.07) is 17.7. The lowest BCUT2D eigenvalue weighted by atomic mass is 10.2. The minimum Gasteiger partial charge on any atom is -0.419 e. The standard InChI is InChI=1S/C25H22ClN5O4/c26-19-8-6-18(7-9-19)24-28-27-21(35-24)15-30(20-10-11-20)23(33)16-31-22(32)12-13-29(25(31)34)14-17-4-2-1-3-5-17/h1-9,12-13,20H,10-11,14-16H2. The summed E-state index contributed by atoms with van der Waals surface area (Å²) >= 11 is 5.93. The molecule has 2 aromatic heterocycles. The first-order valence-electron chi connectivity index (χ1n) is 11.2. The van der Waals surface area contributed by atoms with Crippen LogP contribution in [0.25, 0.3) is 11.5 Å². The Kier molecular flexibility index (Phi) is 6.33. The molecule has 0 unspecified atom stereocenters. The van der Waals surface area contributed by atoms with Crippen LogP contribution in [-0.4, -0.2) is 36.2 Å². The molecule has 0 radical (unpaired) electrons. The summed E-state index contributed by atoms with van der Waals surface area (Å²) in [5.74, 6) is 0.246. The molecule has 0 bridgehead atoms. The van der Waals surface area contributed by atoms with Gasteiger partial charge in [0.1, 0.15) is 6.54 Å². The Hall–Kier alpha value is -3.98. The highest BCUT2D eigenvalue weighted by molar-refractivity contribution is 6.30. The molecule has 10 heteroatoms. The number of hydrogen-bond acceptors (Lipinski definition) is 6. The maximum Gasteiger partial charge on any atom is 0.331 e. The number of halogens is 1. The Labute approximate surface area is 205 Å². The molecule has 2 heterocycles. The molecule has 1 amide bonds. The first kappa shape index (κ1) is 22.8. The zero-order valence-electron chi connectivity index (χ0n) is 18.7. The molecule has 0 spiro atoms.